The number of carbonyl (C=O) groups is 4. The van der Waals surface area contributed by atoms with Gasteiger partial charge in [0.2, 0.25) is 17.8 Å². The van der Waals surface area contributed by atoms with Crippen LogP contribution in [0.4, 0.5) is 42.0 Å². The quantitative estimate of drug-likeness (QED) is 0.258. The Morgan fingerprint density at radius 3 is 2.42 bits per heavy atom. The van der Waals surface area contributed by atoms with E-state index >= 15 is 13.2 Å². The number of nitrogens with zero attached hydrogens (tertiary/aromatic N) is 6. The molecule has 3 saturated heterocycles. The molecule has 1 atom stereocenters. The maximum atomic E-state index is 15.2. The number of nitrogens with one attached hydrogen (secondary N) is 3. The Balaban J connectivity index is 0.854. The summed E-state index contributed by atoms with van der Waals surface area (Å²) < 4.78 is 50.8. The van der Waals surface area contributed by atoms with Crippen LogP contribution in [0.3, 0.4) is 0 Å². The molecule has 1 aliphatic carbocycles. The highest BCUT2D eigenvalue weighted by molar-refractivity contribution is 6.02. The number of piperidine rings is 2. The first kappa shape index (κ1) is 38.4. The van der Waals surface area contributed by atoms with Gasteiger partial charge in [-0.05, 0) is 79.8 Å². The van der Waals surface area contributed by atoms with Crippen molar-refractivity contribution >= 4 is 52.5 Å². The van der Waals surface area contributed by atoms with Gasteiger partial charge in [-0.2, -0.15) is 13.8 Å². The number of anilines is 5. The van der Waals surface area contributed by atoms with Crippen LogP contribution < -0.4 is 35.5 Å². The number of halogens is 3. The fraction of sp³-hybridized carbons (Fsp3) is 0.500. The van der Waals surface area contributed by atoms with E-state index in [2.05, 4.69) is 26.0 Å². The smallest absolute Gasteiger partial charge is 0.342 e. The van der Waals surface area contributed by atoms with Gasteiger partial charge in [-0.1, -0.05) is 18.9 Å². The average Bonchev–Trinajstić information content (AvgIpc) is 3.70. The zero-order chi connectivity index (χ0) is 40.0. The summed E-state index contributed by atoms with van der Waals surface area (Å²) in [5.41, 5.74) is 5.14. The molecule has 17 heteroatoms. The SMILES string of the molecule is COc1cc(C(=O)NN2CCC(C3CN(c4ccc(C5CCC(=O)NC5=O)cc4F)C3)CC2)ccc1Nc1ncc2c(n1)N(C1CCCC1)CC(F)(F)C(=O)N2C. The lowest BCUT2D eigenvalue weighted by Crippen LogP contribution is -2.54. The Morgan fingerprint density at radius 2 is 1.72 bits per heavy atom. The topological polar surface area (TPSA) is 152 Å². The fourth-order valence-electron chi connectivity index (χ4n) is 8.87. The fourth-order valence-corrected chi connectivity index (χ4v) is 8.87. The largest absolute Gasteiger partial charge is 0.495 e. The number of ether oxygens (including phenoxy) is 1. The molecule has 1 unspecified atom stereocenters. The molecule has 302 valence electrons. The van der Waals surface area contributed by atoms with Gasteiger partial charge in [-0.15, -0.1) is 0 Å². The van der Waals surface area contributed by atoms with Crippen molar-refractivity contribution in [3.8, 4) is 5.75 Å². The molecule has 3 N–H and O–H groups in total. The van der Waals surface area contributed by atoms with Crippen LogP contribution in [0.25, 0.3) is 0 Å². The second kappa shape index (κ2) is 15.5. The van der Waals surface area contributed by atoms with E-state index < -0.39 is 24.3 Å². The van der Waals surface area contributed by atoms with Crippen molar-refractivity contribution in [2.24, 2.45) is 11.8 Å². The normalized spacial score (nSPS) is 22.2. The highest BCUT2D eigenvalue weighted by atomic mass is 19.3. The van der Waals surface area contributed by atoms with Crippen molar-refractivity contribution in [3.63, 3.8) is 0 Å². The van der Waals surface area contributed by atoms with E-state index in [1.54, 1.807) is 35.2 Å². The van der Waals surface area contributed by atoms with Crippen LogP contribution in [0.5, 0.6) is 5.75 Å². The zero-order valence-electron chi connectivity index (χ0n) is 31.9. The molecule has 0 radical (unpaired) electrons. The third-order valence-electron chi connectivity index (χ3n) is 12.2. The van der Waals surface area contributed by atoms with E-state index in [0.29, 0.717) is 59.6 Å². The molecule has 0 bridgehead atoms. The minimum absolute atomic E-state index is 0.128. The second-order valence-electron chi connectivity index (χ2n) is 15.7. The first-order valence-electron chi connectivity index (χ1n) is 19.6. The molecule has 3 aromatic rings. The Hall–Kier alpha value is -5.45. The van der Waals surface area contributed by atoms with Gasteiger partial charge in [0.05, 0.1) is 37.1 Å². The average molecular weight is 790 g/mol. The van der Waals surface area contributed by atoms with E-state index in [0.717, 1.165) is 56.5 Å². The van der Waals surface area contributed by atoms with E-state index in [9.17, 15) is 19.2 Å². The van der Waals surface area contributed by atoms with E-state index in [4.69, 9.17) is 4.74 Å². The Kier molecular flexibility index (Phi) is 10.4. The predicted molar refractivity (Wildman–Crippen MR) is 205 cm³/mol. The summed E-state index contributed by atoms with van der Waals surface area (Å²) in [6, 6.07) is 9.66. The lowest BCUT2D eigenvalue weighted by Gasteiger charge is -2.47. The summed E-state index contributed by atoms with van der Waals surface area (Å²) in [7, 11) is 2.78. The van der Waals surface area contributed by atoms with E-state index in [1.807, 2.05) is 9.91 Å². The predicted octanol–water partition coefficient (Wildman–Crippen LogP) is 4.74. The Morgan fingerprint density at radius 1 is 0.965 bits per heavy atom. The van der Waals surface area contributed by atoms with E-state index in [1.165, 1.54) is 26.4 Å². The number of carbonyl (C=O) groups excluding carboxylic acids is 4. The highest BCUT2D eigenvalue weighted by Crippen LogP contribution is 2.41. The standard InChI is InChI=1S/C40H46F3N9O5/c1-49-32-19-44-39(47-35(32)52(27-5-3-4-6-27)22-40(42,43)38(49)56)45-30-10-7-25(18-33(30)57-2)36(54)48-51-15-13-23(14-16-51)26-20-50(21-26)31-11-8-24(17-29(31)41)28-9-12-34(53)46-37(28)55/h7-8,10-11,17-19,23,26-28H,3-6,9,12-16,20-22H2,1-2H3,(H,48,54)(H,44,45,47)(H,46,53,55). The molecular weight excluding hydrogens is 743 g/mol. The number of fused-ring (bicyclic) bond motifs is 1. The van der Waals surface area contributed by atoms with Gasteiger partial charge in [-0.3, -0.25) is 29.9 Å². The minimum atomic E-state index is -3.58. The summed E-state index contributed by atoms with van der Waals surface area (Å²) in [4.78, 5) is 63.2. The third kappa shape index (κ3) is 7.68. The van der Waals surface area contributed by atoms with Crippen LogP contribution in [-0.2, 0) is 14.4 Å². The number of imide groups is 1. The van der Waals surface area contributed by atoms with Crippen molar-refractivity contribution < 1.29 is 37.1 Å². The van der Waals surface area contributed by atoms with Crippen molar-refractivity contribution in [3.05, 3.63) is 59.5 Å². The monoisotopic (exact) mass is 789 g/mol. The number of methoxy groups -OCH3 is 1. The molecule has 4 fully saturated rings. The number of hydrogen-bond acceptors (Lipinski definition) is 11. The number of alkyl halides is 2. The number of benzene rings is 2. The number of amides is 4. The number of hydrogen-bond donors (Lipinski definition) is 3. The first-order valence-corrected chi connectivity index (χ1v) is 19.6. The molecule has 1 aromatic heterocycles. The van der Waals surface area contributed by atoms with Gasteiger partial charge in [0, 0.05) is 51.3 Å². The highest BCUT2D eigenvalue weighted by Gasteiger charge is 2.49. The van der Waals surface area contributed by atoms with Crippen LogP contribution in [0.15, 0.2) is 42.6 Å². The maximum absolute atomic E-state index is 15.2. The summed E-state index contributed by atoms with van der Waals surface area (Å²) >= 11 is 0. The molecule has 5 heterocycles. The lowest BCUT2D eigenvalue weighted by molar-refractivity contribution is -0.140. The van der Waals surface area contributed by atoms with Gasteiger partial charge in [0.15, 0.2) is 5.82 Å². The van der Waals surface area contributed by atoms with Gasteiger partial charge in [0.25, 0.3) is 11.8 Å². The van der Waals surface area contributed by atoms with Crippen LogP contribution in [0.1, 0.15) is 73.2 Å². The molecule has 2 aromatic carbocycles. The molecule has 57 heavy (non-hydrogen) atoms. The number of aromatic nitrogens is 2. The van der Waals surface area contributed by atoms with Crippen LogP contribution in [0.2, 0.25) is 0 Å². The van der Waals surface area contributed by atoms with Gasteiger partial charge >= 0.3 is 5.92 Å². The summed E-state index contributed by atoms with van der Waals surface area (Å²) in [6.45, 7) is 2.03. The first-order chi connectivity index (χ1) is 27.4. The summed E-state index contributed by atoms with van der Waals surface area (Å²) in [6.07, 6.45) is 7.02. The number of hydrazine groups is 1. The summed E-state index contributed by atoms with van der Waals surface area (Å²) in [5, 5.41) is 7.35. The van der Waals surface area contributed by atoms with Crippen molar-refractivity contribution in [2.75, 3.05) is 66.9 Å². The van der Waals surface area contributed by atoms with Crippen LogP contribution >= 0.6 is 0 Å². The van der Waals surface area contributed by atoms with Gasteiger partial charge in [0.1, 0.15) is 17.3 Å². The van der Waals surface area contributed by atoms with Gasteiger partial charge < -0.3 is 24.8 Å². The van der Waals surface area contributed by atoms with Crippen molar-refractivity contribution in [2.45, 2.75) is 69.2 Å². The van der Waals surface area contributed by atoms with Crippen molar-refractivity contribution in [1.82, 2.24) is 25.7 Å². The Bertz CT molecular complexity index is 2070. The Labute approximate surface area is 328 Å². The second-order valence-corrected chi connectivity index (χ2v) is 15.7. The number of rotatable bonds is 9. The molecule has 1 saturated carbocycles. The molecule has 4 amide bonds. The van der Waals surface area contributed by atoms with E-state index in [-0.39, 0.29) is 53.5 Å². The third-order valence-corrected chi connectivity index (χ3v) is 12.2. The molecule has 5 aliphatic rings. The lowest BCUT2D eigenvalue weighted by atomic mass is 9.79. The molecule has 4 aliphatic heterocycles. The molecule has 14 nitrogen and oxygen atoms in total. The zero-order valence-corrected chi connectivity index (χ0v) is 31.9. The van der Waals surface area contributed by atoms with Crippen LogP contribution in [0, 0.1) is 17.7 Å². The van der Waals surface area contributed by atoms with Crippen molar-refractivity contribution in [1.29, 1.82) is 0 Å². The maximum Gasteiger partial charge on any atom is 0.342 e. The molecular formula is C40H46F3N9O5. The van der Waals surface area contributed by atoms with Crippen LogP contribution in [-0.4, -0.2) is 97.5 Å². The summed E-state index contributed by atoms with van der Waals surface area (Å²) in [5.74, 6) is -5.20. The molecule has 8 rings (SSSR count). The minimum Gasteiger partial charge on any atom is -0.495 e. The van der Waals surface area contributed by atoms with Gasteiger partial charge in [-0.25, -0.2) is 14.4 Å². The molecule has 0 spiro atoms.